The molecule has 2 aromatic heterocycles. The first kappa shape index (κ1) is 39.3. The van der Waals surface area contributed by atoms with Crippen LogP contribution in [-0.4, -0.2) is 35.7 Å². The molecule has 0 saturated heterocycles. The maximum Gasteiger partial charge on any atom is 2.00 e. The molecule has 0 spiro atoms. The second-order valence-electron chi connectivity index (χ2n) is 5.56. The van der Waals surface area contributed by atoms with Gasteiger partial charge in [-0.25, -0.2) is 0 Å². The van der Waals surface area contributed by atoms with Crippen molar-refractivity contribution in [1.29, 1.82) is 0 Å². The molecule has 5 nitrogen and oxygen atoms in total. The summed E-state index contributed by atoms with van der Waals surface area (Å²) in [6.45, 7) is 6.69. The molecule has 0 atom stereocenters. The van der Waals surface area contributed by atoms with Gasteiger partial charge in [-0.05, 0) is 43.5 Å². The van der Waals surface area contributed by atoms with Gasteiger partial charge in [0, 0.05) is 0 Å². The van der Waals surface area contributed by atoms with Crippen LogP contribution in [0.25, 0.3) is 0 Å². The fourth-order valence-corrected chi connectivity index (χ4v) is 1.14. The van der Waals surface area contributed by atoms with Crippen LogP contribution in [0.15, 0.2) is 12.1 Å². The van der Waals surface area contributed by atoms with E-state index in [1.54, 1.807) is 0 Å². The first-order chi connectivity index (χ1) is 13.2. The van der Waals surface area contributed by atoms with Gasteiger partial charge in [0.2, 0.25) is 0 Å². The van der Waals surface area contributed by atoms with Crippen molar-refractivity contribution >= 4 is 7.92 Å². The third kappa shape index (κ3) is 15.6. The average molecular weight is 565 g/mol. The van der Waals surface area contributed by atoms with E-state index in [9.17, 15) is 52.7 Å². The minimum atomic E-state index is -4.89. The summed E-state index contributed by atoms with van der Waals surface area (Å²) >= 11 is 0. The SMILES string of the molecule is CP(C)C.FC(F)(F)c1cc(C(F)(F)F)[n-]n1.FC(F)(F)c1cc(C(F)(F)F)[n-]n1.[Co+2].[Li+].[OH-]. The Morgan fingerprint density at radius 3 is 0.909 bits per heavy atom. The monoisotopic (exact) mass is 565 g/mol. The van der Waals surface area contributed by atoms with Crippen molar-refractivity contribution in [2.24, 2.45) is 0 Å². The summed E-state index contributed by atoms with van der Waals surface area (Å²) in [5.74, 6) is 0. The third-order valence-electron chi connectivity index (χ3n) is 2.24. The molecule has 33 heavy (non-hydrogen) atoms. The van der Waals surface area contributed by atoms with Gasteiger partial charge in [0.15, 0.2) is 0 Å². The van der Waals surface area contributed by atoms with Gasteiger partial charge in [0.1, 0.15) is 11.4 Å². The molecule has 1 radical (unpaired) electrons. The van der Waals surface area contributed by atoms with Crippen LogP contribution in [0.4, 0.5) is 52.7 Å². The summed E-state index contributed by atoms with van der Waals surface area (Å²) in [6.07, 6.45) is -19.6. The normalized spacial score (nSPS) is 11.6. The molecule has 2 aromatic rings. The van der Waals surface area contributed by atoms with Crippen molar-refractivity contribution in [3.63, 3.8) is 0 Å². The van der Waals surface area contributed by atoms with Crippen LogP contribution >= 0.6 is 7.92 Å². The predicted octanol–water partition coefficient (Wildman–Crippen LogP) is 2.34. The van der Waals surface area contributed by atoms with Gasteiger partial charge in [0.05, 0.1) is 0 Å². The Labute approximate surface area is 201 Å². The molecular formula is C13H12CoF12LiN4OP. The second-order valence-corrected chi connectivity index (χ2v) is 8.25. The summed E-state index contributed by atoms with van der Waals surface area (Å²) in [4.78, 5) is 0. The summed E-state index contributed by atoms with van der Waals surface area (Å²) in [6, 6.07) is -0.278. The van der Waals surface area contributed by atoms with Crippen LogP contribution in [-0.2, 0) is 41.5 Å². The Morgan fingerprint density at radius 1 is 0.606 bits per heavy atom. The van der Waals surface area contributed by atoms with E-state index in [1.807, 2.05) is 0 Å². The molecule has 2 rings (SSSR count). The van der Waals surface area contributed by atoms with Gasteiger partial charge in [-0.1, -0.05) is 0 Å². The molecule has 20 heteroatoms. The Balaban J connectivity index is -0.000000203. The molecule has 0 aliphatic carbocycles. The number of hydrogen-bond acceptors (Lipinski definition) is 3. The van der Waals surface area contributed by atoms with E-state index in [0.29, 0.717) is 7.92 Å². The van der Waals surface area contributed by atoms with Crippen molar-refractivity contribution in [2.45, 2.75) is 24.7 Å². The maximum absolute atomic E-state index is 11.7. The van der Waals surface area contributed by atoms with E-state index in [0.717, 1.165) is 0 Å². The molecule has 0 saturated carbocycles. The van der Waals surface area contributed by atoms with Crippen LogP contribution in [0.2, 0.25) is 0 Å². The molecule has 189 valence electrons. The Hall–Kier alpha value is -0.926. The van der Waals surface area contributed by atoms with Crippen LogP contribution < -0.4 is 29.1 Å². The minimum absolute atomic E-state index is 0. The summed E-state index contributed by atoms with van der Waals surface area (Å²) in [7, 11) is 0.380. The van der Waals surface area contributed by atoms with Gasteiger partial charge in [-0.2, -0.15) is 52.7 Å². The summed E-state index contributed by atoms with van der Waals surface area (Å²) in [5, 5.41) is 9.44. The molecule has 0 fully saturated rings. The quantitative estimate of drug-likeness (QED) is 0.279. The number of alkyl halides is 12. The molecule has 0 aliphatic heterocycles. The zero-order chi connectivity index (χ0) is 24.1. The number of halogens is 12. The molecule has 1 N–H and O–H groups in total. The average Bonchev–Trinajstić information content (AvgIpc) is 3.15. The van der Waals surface area contributed by atoms with Crippen LogP contribution in [0, 0.1) is 0 Å². The zero-order valence-electron chi connectivity index (χ0n) is 16.7. The molecule has 2 heterocycles. The van der Waals surface area contributed by atoms with Gasteiger partial charge in [0.25, 0.3) is 0 Å². The first-order valence-electron chi connectivity index (χ1n) is 7.06. The van der Waals surface area contributed by atoms with Gasteiger partial charge >= 0.3 is 60.3 Å². The maximum atomic E-state index is 11.7. The molecule has 0 unspecified atom stereocenters. The van der Waals surface area contributed by atoms with Crippen LogP contribution in [0.5, 0.6) is 0 Å². The zero-order valence-corrected chi connectivity index (χ0v) is 18.6. The number of nitrogens with zero attached hydrogens (tertiary/aromatic N) is 4. The number of aromatic nitrogens is 4. The molecule has 0 aromatic carbocycles. The molecule has 0 aliphatic rings. The molecule has 0 amide bonds. The van der Waals surface area contributed by atoms with Crippen molar-refractivity contribution in [3.8, 4) is 0 Å². The van der Waals surface area contributed by atoms with Crippen LogP contribution in [0.1, 0.15) is 22.8 Å². The van der Waals surface area contributed by atoms with Gasteiger partial charge in [-0.15, -0.1) is 7.92 Å². The van der Waals surface area contributed by atoms with E-state index in [4.69, 9.17) is 0 Å². The third-order valence-corrected chi connectivity index (χ3v) is 2.24. The standard InChI is InChI=1S/2C5HF6N2.C3H9P.Co.Li.H2O/c2*6-4(7,8)2-1-3(13-12-2)5(9,10)11;1-4(2)3;;;/h2*1H;1-3H3;;;1H2/q2*-1;;+2;+1;/p-1. The van der Waals surface area contributed by atoms with Gasteiger partial charge in [-0.3, -0.25) is 0 Å². The van der Waals surface area contributed by atoms with E-state index in [1.165, 1.54) is 0 Å². The Bertz CT molecular complexity index is 664. The number of hydrogen-bond donors (Lipinski definition) is 0. The van der Waals surface area contributed by atoms with E-state index in [-0.39, 0.29) is 53.2 Å². The summed E-state index contributed by atoms with van der Waals surface area (Å²) in [5.41, 5.74) is -6.56. The van der Waals surface area contributed by atoms with Gasteiger partial charge < -0.3 is 25.9 Å². The largest absolute Gasteiger partial charge is 2.00 e. The van der Waals surface area contributed by atoms with E-state index in [2.05, 4.69) is 40.4 Å². The second kappa shape index (κ2) is 14.5. The Morgan fingerprint density at radius 2 is 0.818 bits per heavy atom. The van der Waals surface area contributed by atoms with Crippen molar-refractivity contribution in [3.05, 3.63) is 34.9 Å². The fourth-order valence-electron chi connectivity index (χ4n) is 1.14. The Kier molecular flexibility index (Phi) is 17.2. The van der Waals surface area contributed by atoms with Crippen LogP contribution in [0.3, 0.4) is 0 Å². The topological polar surface area (TPSA) is 84.0 Å². The van der Waals surface area contributed by atoms with E-state index < -0.39 is 47.5 Å². The first-order valence-corrected chi connectivity index (χ1v) is 9.74. The number of rotatable bonds is 0. The smallest absolute Gasteiger partial charge is 0.870 e. The minimum Gasteiger partial charge on any atom is -0.870 e. The van der Waals surface area contributed by atoms with Crippen molar-refractivity contribution < 1.29 is 93.8 Å². The summed E-state index contributed by atoms with van der Waals surface area (Å²) < 4.78 is 141. The predicted molar refractivity (Wildman–Crippen MR) is 81.7 cm³/mol. The van der Waals surface area contributed by atoms with E-state index >= 15 is 0 Å². The van der Waals surface area contributed by atoms with Crippen molar-refractivity contribution in [2.75, 3.05) is 20.0 Å². The molecule has 0 bridgehead atoms. The molecular weight excluding hydrogens is 553 g/mol. The fraction of sp³-hybridized carbons (Fsp3) is 0.538. The van der Waals surface area contributed by atoms with Crippen molar-refractivity contribution in [1.82, 2.24) is 20.4 Å².